The first-order valence-electron chi connectivity index (χ1n) is 5.70. The minimum atomic E-state index is -1.14. The van der Waals surface area contributed by atoms with Gasteiger partial charge in [-0.15, -0.1) is 0 Å². The van der Waals surface area contributed by atoms with Gasteiger partial charge in [-0.25, -0.2) is 10.0 Å². The molecule has 0 aliphatic heterocycles. The Bertz CT molecular complexity index is 416. The second kappa shape index (κ2) is 7.36. The van der Waals surface area contributed by atoms with E-state index in [1.54, 1.807) is 0 Å². The number of quaternary nitrogens is 1. The van der Waals surface area contributed by atoms with Gasteiger partial charge in [-0.2, -0.15) is 15.3 Å². The molecule has 0 unspecified atom stereocenters. The molecule has 0 saturated heterocycles. The van der Waals surface area contributed by atoms with Crippen molar-refractivity contribution in [3.8, 4) is 0 Å². The lowest BCUT2D eigenvalue weighted by molar-refractivity contribution is -0.829. The van der Waals surface area contributed by atoms with E-state index in [1.165, 1.54) is 10.7 Å². The van der Waals surface area contributed by atoms with Crippen LogP contribution in [-0.2, 0) is 11.5 Å². The summed E-state index contributed by atoms with van der Waals surface area (Å²) in [5.74, 6) is -0.806. The molecule has 0 fully saturated rings. The number of rotatable bonds is 7. The first-order chi connectivity index (χ1) is 8.33. The zero-order valence-corrected chi connectivity index (χ0v) is 12.4. The number of ether oxygens (including phenoxy) is 1. The van der Waals surface area contributed by atoms with E-state index >= 15 is 0 Å². The van der Waals surface area contributed by atoms with Crippen LogP contribution in [0.4, 0.5) is 5.82 Å². The monoisotopic (exact) mass is 292 g/mol. The molecule has 1 rings (SSSR count). The standard InChI is InChI=1S/C10H19N3O4Si.H2O/c1-18(2,3)5-4-17-7-13-9(12-16)6-8(11-13)10(14)15;/h6,12,16H,4-5,7H2,1-3H3,(H,14,15);1H2/p+1. The van der Waals surface area contributed by atoms with Crippen LogP contribution < -0.4 is 5.48 Å². The number of carboxylic acid groups (broad SMARTS) is 1. The Kier molecular flexibility index (Phi) is 6.87. The van der Waals surface area contributed by atoms with E-state index in [9.17, 15) is 4.79 Å². The second-order valence-corrected chi connectivity index (χ2v) is 10.9. The highest BCUT2D eigenvalue weighted by atomic mass is 28.3. The number of carboxylic acids is 1. The second-order valence-electron chi connectivity index (χ2n) is 5.24. The molecule has 0 radical (unpaired) electrons. The predicted octanol–water partition coefficient (Wildman–Crippen LogP) is -0.347. The lowest BCUT2D eigenvalue weighted by Gasteiger charge is -2.15. The van der Waals surface area contributed by atoms with E-state index in [2.05, 4.69) is 24.7 Å². The zero-order chi connectivity index (χ0) is 13.8. The summed E-state index contributed by atoms with van der Waals surface area (Å²) in [6.07, 6.45) is 0. The molecule has 0 atom stereocenters. The fourth-order valence-corrected chi connectivity index (χ4v) is 2.03. The first-order valence-corrected chi connectivity index (χ1v) is 9.40. The van der Waals surface area contributed by atoms with E-state index in [0.29, 0.717) is 12.4 Å². The maximum atomic E-state index is 10.7. The number of hydrogen-bond acceptors (Lipinski definition) is 4. The third-order valence-corrected chi connectivity index (χ3v) is 4.08. The summed E-state index contributed by atoms with van der Waals surface area (Å²) in [6.45, 7) is 7.51. The Balaban J connectivity index is 0.00000324. The topological polar surface area (TPSA) is 133 Å². The average Bonchev–Trinajstić information content (AvgIpc) is 2.66. The third kappa shape index (κ3) is 5.94. The molecule has 0 amide bonds. The van der Waals surface area contributed by atoms with Crippen LogP contribution in [0.25, 0.3) is 0 Å². The molecule has 1 heterocycles. The van der Waals surface area contributed by atoms with Gasteiger partial charge in [0.15, 0.2) is 5.69 Å². The van der Waals surface area contributed by atoms with Crippen LogP contribution in [0, 0.1) is 0 Å². The molecule has 110 valence electrons. The maximum Gasteiger partial charge on any atom is 0.356 e. The first kappa shape index (κ1) is 17.7. The van der Waals surface area contributed by atoms with Crippen LogP contribution in [0.1, 0.15) is 10.5 Å². The minimum Gasteiger partial charge on any atom is -0.476 e. The van der Waals surface area contributed by atoms with Crippen molar-refractivity contribution in [3.63, 3.8) is 0 Å². The molecule has 0 bridgehead atoms. The van der Waals surface area contributed by atoms with Crippen molar-refractivity contribution in [2.45, 2.75) is 32.4 Å². The van der Waals surface area contributed by atoms with E-state index in [1.807, 2.05) is 0 Å². The SMILES string of the molecule is C[Si](C)(C)CCOCn1nc(C(=O)O)cc1[NH2+]O.O. The van der Waals surface area contributed by atoms with Crippen molar-refractivity contribution in [2.75, 3.05) is 6.61 Å². The number of carbonyl (C=O) groups is 1. The van der Waals surface area contributed by atoms with Gasteiger partial charge >= 0.3 is 5.97 Å². The molecule has 0 saturated carbocycles. The minimum absolute atomic E-state index is 0. The van der Waals surface area contributed by atoms with Crippen LogP contribution in [0.2, 0.25) is 25.7 Å². The van der Waals surface area contributed by atoms with Crippen molar-refractivity contribution < 1.29 is 30.8 Å². The molecule has 8 nitrogen and oxygen atoms in total. The molecule has 9 heteroatoms. The molecule has 19 heavy (non-hydrogen) atoms. The highest BCUT2D eigenvalue weighted by Crippen LogP contribution is 2.09. The smallest absolute Gasteiger partial charge is 0.356 e. The quantitative estimate of drug-likeness (QED) is 0.359. The van der Waals surface area contributed by atoms with Crippen LogP contribution in [0.15, 0.2) is 6.07 Å². The maximum absolute atomic E-state index is 10.7. The number of aromatic carboxylic acids is 1. The Morgan fingerprint density at radius 2 is 2.16 bits per heavy atom. The number of aromatic nitrogens is 2. The molecule has 1 aromatic rings. The highest BCUT2D eigenvalue weighted by molar-refractivity contribution is 6.76. The summed E-state index contributed by atoms with van der Waals surface area (Å²) in [5, 5.41) is 21.6. The number of hydrogen-bond donors (Lipinski definition) is 3. The molecule has 0 aliphatic carbocycles. The molecule has 1 aromatic heterocycles. The fourth-order valence-electron chi connectivity index (χ4n) is 1.27. The van der Waals surface area contributed by atoms with Crippen molar-refractivity contribution in [3.05, 3.63) is 11.8 Å². The number of nitrogens with two attached hydrogens (primary N) is 1. The lowest BCUT2D eigenvalue weighted by Crippen LogP contribution is -2.74. The predicted molar refractivity (Wildman–Crippen MR) is 70.3 cm³/mol. The Labute approximate surface area is 112 Å². The largest absolute Gasteiger partial charge is 0.476 e. The number of nitrogens with zero attached hydrogens (tertiary/aromatic N) is 2. The summed E-state index contributed by atoms with van der Waals surface area (Å²) in [4.78, 5) is 10.7. The van der Waals surface area contributed by atoms with Crippen LogP contribution >= 0.6 is 0 Å². The molecule has 0 aromatic carbocycles. The van der Waals surface area contributed by atoms with Gasteiger partial charge in [-0.05, 0) is 6.04 Å². The van der Waals surface area contributed by atoms with Crippen molar-refractivity contribution in [1.82, 2.24) is 9.78 Å². The molecule has 0 spiro atoms. The Morgan fingerprint density at radius 1 is 1.53 bits per heavy atom. The van der Waals surface area contributed by atoms with Crippen LogP contribution in [-0.4, -0.2) is 46.2 Å². The summed E-state index contributed by atoms with van der Waals surface area (Å²) < 4.78 is 6.77. The van der Waals surface area contributed by atoms with Gasteiger partial charge in [0, 0.05) is 14.7 Å². The Morgan fingerprint density at radius 3 is 2.63 bits per heavy atom. The van der Waals surface area contributed by atoms with Gasteiger partial charge in [0.05, 0.1) is 6.07 Å². The Hall–Kier alpha value is -1.26. The summed E-state index contributed by atoms with van der Waals surface area (Å²) in [6, 6.07) is 2.32. The summed E-state index contributed by atoms with van der Waals surface area (Å²) in [7, 11) is -1.14. The van der Waals surface area contributed by atoms with Gasteiger partial charge < -0.3 is 15.3 Å². The van der Waals surface area contributed by atoms with E-state index < -0.39 is 14.0 Å². The highest BCUT2D eigenvalue weighted by Gasteiger charge is 2.16. The van der Waals surface area contributed by atoms with Gasteiger partial charge in [0.2, 0.25) is 0 Å². The molecule has 6 N–H and O–H groups in total. The van der Waals surface area contributed by atoms with Gasteiger partial charge in [0.25, 0.3) is 5.82 Å². The van der Waals surface area contributed by atoms with Crippen LogP contribution in [0.5, 0.6) is 0 Å². The van der Waals surface area contributed by atoms with Gasteiger partial charge in [0.1, 0.15) is 6.73 Å². The van der Waals surface area contributed by atoms with Crippen LogP contribution in [0.3, 0.4) is 0 Å². The summed E-state index contributed by atoms with van der Waals surface area (Å²) >= 11 is 0. The van der Waals surface area contributed by atoms with Crippen molar-refractivity contribution >= 4 is 19.9 Å². The van der Waals surface area contributed by atoms with E-state index in [4.69, 9.17) is 15.1 Å². The van der Waals surface area contributed by atoms with Crippen molar-refractivity contribution in [2.24, 2.45) is 0 Å². The van der Waals surface area contributed by atoms with Crippen molar-refractivity contribution in [1.29, 1.82) is 0 Å². The van der Waals surface area contributed by atoms with Gasteiger partial charge in [-0.1, -0.05) is 19.6 Å². The molecular formula is C10H22N3O5Si+. The fraction of sp³-hybridized carbons (Fsp3) is 0.600. The van der Waals surface area contributed by atoms with E-state index in [0.717, 1.165) is 11.5 Å². The summed E-state index contributed by atoms with van der Waals surface area (Å²) in [5.41, 5.74) is 0.713. The normalized spacial score (nSPS) is 11.2. The molecule has 0 aliphatic rings. The third-order valence-electron chi connectivity index (χ3n) is 2.37. The average molecular weight is 292 g/mol. The lowest BCUT2D eigenvalue weighted by atomic mass is 10.4. The van der Waals surface area contributed by atoms with E-state index in [-0.39, 0.29) is 17.9 Å². The zero-order valence-electron chi connectivity index (χ0n) is 11.4. The molecular weight excluding hydrogens is 270 g/mol. The van der Waals surface area contributed by atoms with Gasteiger partial charge in [-0.3, -0.25) is 0 Å².